The van der Waals surface area contributed by atoms with Crippen LogP contribution in [0, 0.1) is 5.82 Å². The number of benzene rings is 2. The fourth-order valence-corrected chi connectivity index (χ4v) is 2.20. The molecular formula is C15H14BrClFNO. The fraction of sp³-hybridized carbons (Fsp3) is 0.200. The second kappa shape index (κ2) is 7.07. The molecule has 0 aromatic heterocycles. The highest BCUT2D eigenvalue weighted by Crippen LogP contribution is 2.34. The Bertz CT molecular complexity index is 606. The fourth-order valence-electron chi connectivity index (χ4n) is 1.72. The van der Waals surface area contributed by atoms with Crippen molar-refractivity contribution in [2.24, 2.45) is 0 Å². The van der Waals surface area contributed by atoms with Crippen molar-refractivity contribution in [1.29, 1.82) is 0 Å². The predicted octanol–water partition coefficient (Wildman–Crippen LogP) is 5.14. The topological polar surface area (TPSA) is 21.3 Å². The lowest BCUT2D eigenvalue weighted by Crippen LogP contribution is -2.12. The van der Waals surface area contributed by atoms with Crippen molar-refractivity contribution in [2.75, 3.05) is 6.54 Å². The molecule has 0 fully saturated rings. The van der Waals surface area contributed by atoms with E-state index < -0.39 is 0 Å². The van der Waals surface area contributed by atoms with Gasteiger partial charge in [0, 0.05) is 18.2 Å². The molecule has 0 saturated heterocycles. The summed E-state index contributed by atoms with van der Waals surface area (Å²) in [4.78, 5) is 0. The van der Waals surface area contributed by atoms with Crippen LogP contribution in [-0.2, 0) is 6.54 Å². The second-order valence-electron chi connectivity index (χ2n) is 4.19. The van der Waals surface area contributed by atoms with Gasteiger partial charge in [0.05, 0.1) is 9.50 Å². The van der Waals surface area contributed by atoms with Crippen molar-refractivity contribution in [1.82, 2.24) is 5.32 Å². The highest BCUT2D eigenvalue weighted by atomic mass is 79.9. The zero-order valence-electron chi connectivity index (χ0n) is 10.9. The summed E-state index contributed by atoms with van der Waals surface area (Å²) in [6.07, 6.45) is 0. The van der Waals surface area contributed by atoms with Gasteiger partial charge in [0.25, 0.3) is 0 Å². The first kappa shape index (κ1) is 15.3. The van der Waals surface area contributed by atoms with Crippen LogP contribution in [0.3, 0.4) is 0 Å². The maximum atomic E-state index is 13.5. The third-order valence-corrected chi connectivity index (χ3v) is 3.67. The standard InChI is InChI=1S/C15H14BrClFNO/c1-2-19-9-10-4-3-5-13(17)15(10)20-11-6-7-12(16)14(18)8-11/h3-8,19H,2,9H2,1H3. The van der Waals surface area contributed by atoms with Gasteiger partial charge in [-0.15, -0.1) is 0 Å². The molecule has 20 heavy (non-hydrogen) atoms. The summed E-state index contributed by atoms with van der Waals surface area (Å²) in [5, 5.41) is 3.72. The number of nitrogens with one attached hydrogen (secondary N) is 1. The number of halogens is 3. The summed E-state index contributed by atoms with van der Waals surface area (Å²) in [5.74, 6) is 0.594. The number of ether oxygens (including phenoxy) is 1. The molecule has 0 aliphatic heterocycles. The molecule has 0 radical (unpaired) electrons. The molecule has 0 unspecified atom stereocenters. The first-order valence-corrected chi connectivity index (χ1v) is 7.40. The first-order chi connectivity index (χ1) is 9.61. The molecule has 0 aliphatic carbocycles. The van der Waals surface area contributed by atoms with Crippen LogP contribution in [0.25, 0.3) is 0 Å². The van der Waals surface area contributed by atoms with E-state index in [9.17, 15) is 4.39 Å². The highest BCUT2D eigenvalue weighted by molar-refractivity contribution is 9.10. The van der Waals surface area contributed by atoms with E-state index in [1.54, 1.807) is 18.2 Å². The van der Waals surface area contributed by atoms with Crippen LogP contribution >= 0.6 is 27.5 Å². The van der Waals surface area contributed by atoms with Crippen LogP contribution in [-0.4, -0.2) is 6.54 Å². The smallest absolute Gasteiger partial charge is 0.150 e. The lowest BCUT2D eigenvalue weighted by Gasteiger charge is -2.13. The maximum absolute atomic E-state index is 13.5. The summed E-state index contributed by atoms with van der Waals surface area (Å²) < 4.78 is 19.7. The van der Waals surface area contributed by atoms with Crippen molar-refractivity contribution in [2.45, 2.75) is 13.5 Å². The van der Waals surface area contributed by atoms with E-state index in [4.69, 9.17) is 16.3 Å². The van der Waals surface area contributed by atoms with Gasteiger partial charge < -0.3 is 10.1 Å². The Morgan fingerprint density at radius 1 is 1.30 bits per heavy atom. The molecule has 106 valence electrons. The average Bonchev–Trinajstić information content (AvgIpc) is 2.43. The highest BCUT2D eigenvalue weighted by Gasteiger charge is 2.10. The first-order valence-electron chi connectivity index (χ1n) is 6.23. The van der Waals surface area contributed by atoms with Crippen molar-refractivity contribution in [3.8, 4) is 11.5 Å². The van der Waals surface area contributed by atoms with Crippen LogP contribution in [0.2, 0.25) is 5.02 Å². The van der Waals surface area contributed by atoms with Gasteiger partial charge in [-0.05, 0) is 40.7 Å². The van der Waals surface area contributed by atoms with Crippen LogP contribution in [0.1, 0.15) is 12.5 Å². The van der Waals surface area contributed by atoms with Gasteiger partial charge in [-0.2, -0.15) is 0 Å². The minimum Gasteiger partial charge on any atom is -0.455 e. The lowest BCUT2D eigenvalue weighted by atomic mass is 10.2. The predicted molar refractivity (Wildman–Crippen MR) is 83.0 cm³/mol. The average molecular weight is 359 g/mol. The van der Waals surface area contributed by atoms with Gasteiger partial charge in [-0.3, -0.25) is 0 Å². The van der Waals surface area contributed by atoms with Gasteiger partial charge >= 0.3 is 0 Å². The Hall–Kier alpha value is -1.10. The lowest BCUT2D eigenvalue weighted by molar-refractivity contribution is 0.468. The van der Waals surface area contributed by atoms with E-state index in [0.29, 0.717) is 27.5 Å². The zero-order valence-corrected chi connectivity index (χ0v) is 13.3. The van der Waals surface area contributed by atoms with E-state index >= 15 is 0 Å². The van der Waals surface area contributed by atoms with Crippen molar-refractivity contribution >= 4 is 27.5 Å². The summed E-state index contributed by atoms with van der Waals surface area (Å²) in [7, 11) is 0. The second-order valence-corrected chi connectivity index (χ2v) is 5.45. The molecule has 0 bridgehead atoms. The Morgan fingerprint density at radius 2 is 2.10 bits per heavy atom. The minimum atomic E-state index is -0.372. The van der Waals surface area contributed by atoms with Gasteiger partial charge in [0.2, 0.25) is 0 Å². The molecular weight excluding hydrogens is 345 g/mol. The number of hydrogen-bond acceptors (Lipinski definition) is 2. The van der Waals surface area contributed by atoms with Crippen molar-refractivity contribution in [3.05, 3.63) is 57.3 Å². The van der Waals surface area contributed by atoms with Crippen LogP contribution in [0.5, 0.6) is 11.5 Å². The van der Waals surface area contributed by atoms with Crippen LogP contribution < -0.4 is 10.1 Å². The third kappa shape index (κ3) is 3.72. The van der Waals surface area contributed by atoms with E-state index in [2.05, 4.69) is 21.2 Å². The largest absolute Gasteiger partial charge is 0.455 e. The van der Waals surface area contributed by atoms with Gasteiger partial charge in [0.1, 0.15) is 17.3 Å². The van der Waals surface area contributed by atoms with Crippen LogP contribution in [0.4, 0.5) is 4.39 Å². The molecule has 0 atom stereocenters. The van der Waals surface area contributed by atoms with Crippen molar-refractivity contribution in [3.63, 3.8) is 0 Å². The molecule has 0 saturated carbocycles. The third-order valence-electron chi connectivity index (χ3n) is 2.72. The zero-order chi connectivity index (χ0) is 14.5. The van der Waals surface area contributed by atoms with E-state index in [0.717, 1.165) is 12.1 Å². The SMILES string of the molecule is CCNCc1cccc(Cl)c1Oc1ccc(Br)c(F)c1. The van der Waals surface area contributed by atoms with Gasteiger partial charge in [0.15, 0.2) is 0 Å². The maximum Gasteiger partial charge on any atom is 0.150 e. The molecule has 0 spiro atoms. The molecule has 1 N–H and O–H groups in total. The summed E-state index contributed by atoms with van der Waals surface area (Å²) in [6.45, 7) is 3.51. The van der Waals surface area contributed by atoms with Crippen molar-refractivity contribution < 1.29 is 9.13 Å². The normalized spacial score (nSPS) is 10.6. The summed E-state index contributed by atoms with van der Waals surface area (Å²) >= 11 is 9.28. The number of rotatable bonds is 5. The van der Waals surface area contributed by atoms with Crippen LogP contribution in [0.15, 0.2) is 40.9 Å². The molecule has 0 aliphatic rings. The monoisotopic (exact) mass is 357 g/mol. The Kier molecular flexibility index (Phi) is 5.40. The molecule has 0 heterocycles. The van der Waals surface area contributed by atoms with E-state index in [1.165, 1.54) is 6.07 Å². The molecule has 2 aromatic rings. The minimum absolute atomic E-state index is 0.372. The van der Waals surface area contributed by atoms with Gasteiger partial charge in [-0.1, -0.05) is 30.7 Å². The summed E-state index contributed by atoms with van der Waals surface area (Å²) in [5.41, 5.74) is 0.933. The number of hydrogen-bond donors (Lipinski definition) is 1. The van der Waals surface area contributed by atoms with E-state index in [-0.39, 0.29) is 5.82 Å². The van der Waals surface area contributed by atoms with Gasteiger partial charge in [-0.25, -0.2) is 4.39 Å². The number of para-hydroxylation sites is 1. The Morgan fingerprint density at radius 3 is 2.80 bits per heavy atom. The molecule has 0 amide bonds. The van der Waals surface area contributed by atoms with E-state index in [1.807, 2.05) is 19.1 Å². The quantitative estimate of drug-likeness (QED) is 0.798. The summed E-state index contributed by atoms with van der Waals surface area (Å²) in [6, 6.07) is 10.2. The Balaban J connectivity index is 2.29. The Labute approximate surface area is 131 Å². The molecule has 2 nitrogen and oxygen atoms in total. The molecule has 2 rings (SSSR count). The molecule has 5 heteroatoms. The molecule has 2 aromatic carbocycles.